The van der Waals surface area contributed by atoms with Gasteiger partial charge in [0.05, 0.1) is 13.2 Å². The van der Waals surface area contributed by atoms with Crippen molar-refractivity contribution < 1.29 is 32.9 Å². The Labute approximate surface area is 158 Å². The summed E-state index contributed by atoms with van der Waals surface area (Å²) in [5.41, 5.74) is 0.952. The van der Waals surface area contributed by atoms with E-state index >= 15 is 0 Å². The van der Waals surface area contributed by atoms with Crippen molar-refractivity contribution in [1.29, 1.82) is 0 Å². The van der Waals surface area contributed by atoms with Gasteiger partial charge in [0.1, 0.15) is 11.3 Å². The normalized spacial score (nSPS) is 10.6. The molecule has 0 fully saturated rings. The van der Waals surface area contributed by atoms with Gasteiger partial charge in [0.2, 0.25) is 11.8 Å². The van der Waals surface area contributed by atoms with E-state index < -0.39 is 24.5 Å². The van der Waals surface area contributed by atoms with Crippen LogP contribution in [-0.4, -0.2) is 34.8 Å². The average Bonchev–Trinajstić information content (AvgIpc) is 2.67. The molecule has 3 aromatic rings. The van der Waals surface area contributed by atoms with E-state index in [9.17, 15) is 18.7 Å². The smallest absolute Gasteiger partial charge is 0.388 e. The number of methoxy groups -OCH3 is 1. The van der Waals surface area contributed by atoms with Crippen LogP contribution in [0.1, 0.15) is 10.4 Å². The molecule has 0 saturated heterocycles. The van der Waals surface area contributed by atoms with Gasteiger partial charge in [0.15, 0.2) is 0 Å². The Bertz CT molecular complexity index is 983. The molecule has 0 amide bonds. The van der Waals surface area contributed by atoms with Crippen LogP contribution in [0.3, 0.4) is 0 Å². The molecule has 7 nitrogen and oxygen atoms in total. The Balaban J connectivity index is 2.04. The number of hydrogen-bond donors (Lipinski definition) is 1. The topological polar surface area (TPSA) is 90.8 Å². The molecule has 0 aliphatic rings. The Hall–Kier alpha value is -3.75. The molecule has 0 radical (unpaired) electrons. The van der Waals surface area contributed by atoms with E-state index in [4.69, 9.17) is 9.47 Å². The summed E-state index contributed by atoms with van der Waals surface area (Å²) in [6, 6.07) is 14.1. The molecule has 1 N–H and O–H groups in total. The van der Waals surface area contributed by atoms with Crippen molar-refractivity contribution in [1.82, 2.24) is 9.97 Å². The summed E-state index contributed by atoms with van der Waals surface area (Å²) in [6.45, 7) is -3.11. The standard InChI is InChI=1S/C19H14F2N2O5/c1-26-14-10-15(28-18(20)21)23-19(22-14)27-13-9-5-8-12(16(13)17(24)25)11-6-3-2-4-7-11/h2-10,18H,1H3,(H,24,25). The third-order valence-electron chi connectivity index (χ3n) is 3.60. The fraction of sp³-hybridized carbons (Fsp3) is 0.105. The maximum absolute atomic E-state index is 12.5. The largest absolute Gasteiger partial charge is 0.481 e. The van der Waals surface area contributed by atoms with Crippen LogP contribution in [-0.2, 0) is 0 Å². The van der Waals surface area contributed by atoms with Crippen molar-refractivity contribution in [2.45, 2.75) is 6.61 Å². The first kappa shape index (κ1) is 19.0. The highest BCUT2D eigenvalue weighted by molar-refractivity contribution is 5.99. The highest BCUT2D eigenvalue weighted by Gasteiger charge is 2.20. The van der Waals surface area contributed by atoms with E-state index in [1.807, 2.05) is 0 Å². The van der Waals surface area contributed by atoms with Crippen molar-refractivity contribution in [2.75, 3.05) is 7.11 Å². The van der Waals surface area contributed by atoms with Crippen molar-refractivity contribution in [3.8, 4) is 34.6 Å². The van der Waals surface area contributed by atoms with Gasteiger partial charge in [-0.3, -0.25) is 0 Å². The van der Waals surface area contributed by atoms with Crippen LogP contribution in [0.15, 0.2) is 54.6 Å². The summed E-state index contributed by atoms with van der Waals surface area (Å²) < 4.78 is 39.6. The number of rotatable bonds is 7. The van der Waals surface area contributed by atoms with Crippen molar-refractivity contribution >= 4 is 5.97 Å². The first-order valence-electron chi connectivity index (χ1n) is 7.95. The van der Waals surface area contributed by atoms with Gasteiger partial charge < -0.3 is 19.3 Å². The van der Waals surface area contributed by atoms with Gasteiger partial charge in [0, 0.05) is 0 Å². The minimum Gasteiger partial charge on any atom is -0.481 e. The second-order valence-corrected chi connectivity index (χ2v) is 5.36. The summed E-state index contributed by atoms with van der Waals surface area (Å²) in [5, 5.41) is 9.69. The van der Waals surface area contributed by atoms with E-state index in [0.29, 0.717) is 11.1 Å². The van der Waals surface area contributed by atoms with E-state index in [2.05, 4.69) is 14.7 Å². The quantitative estimate of drug-likeness (QED) is 0.647. The monoisotopic (exact) mass is 388 g/mol. The van der Waals surface area contributed by atoms with Crippen LogP contribution in [0, 0.1) is 0 Å². The first-order valence-corrected chi connectivity index (χ1v) is 7.95. The molecule has 0 spiro atoms. The molecule has 0 aliphatic heterocycles. The molecule has 0 unspecified atom stereocenters. The summed E-state index contributed by atoms with van der Waals surface area (Å²) in [7, 11) is 1.27. The fourth-order valence-corrected chi connectivity index (χ4v) is 2.48. The molecular formula is C19H14F2N2O5. The average molecular weight is 388 g/mol. The van der Waals surface area contributed by atoms with Gasteiger partial charge in [-0.05, 0) is 17.2 Å². The summed E-state index contributed by atoms with van der Waals surface area (Å²) in [4.78, 5) is 19.5. The molecular weight excluding hydrogens is 374 g/mol. The number of aromatic nitrogens is 2. The molecule has 0 saturated carbocycles. The fourth-order valence-electron chi connectivity index (χ4n) is 2.48. The Kier molecular flexibility index (Phi) is 5.64. The lowest BCUT2D eigenvalue weighted by molar-refractivity contribution is -0.0532. The maximum atomic E-state index is 12.5. The molecule has 144 valence electrons. The lowest BCUT2D eigenvalue weighted by Gasteiger charge is -2.13. The number of halogens is 2. The Morgan fingerprint density at radius 3 is 2.39 bits per heavy atom. The zero-order valence-corrected chi connectivity index (χ0v) is 14.5. The van der Waals surface area contributed by atoms with Gasteiger partial charge in [0.25, 0.3) is 0 Å². The maximum Gasteiger partial charge on any atom is 0.388 e. The Morgan fingerprint density at radius 1 is 1.04 bits per heavy atom. The molecule has 2 aromatic carbocycles. The van der Waals surface area contributed by atoms with E-state index in [1.165, 1.54) is 13.2 Å². The van der Waals surface area contributed by atoms with Crippen LogP contribution in [0.2, 0.25) is 0 Å². The number of ether oxygens (including phenoxy) is 3. The van der Waals surface area contributed by atoms with E-state index in [-0.39, 0.29) is 17.2 Å². The van der Waals surface area contributed by atoms with Gasteiger partial charge in [-0.15, -0.1) is 0 Å². The third-order valence-corrected chi connectivity index (χ3v) is 3.60. The Morgan fingerprint density at radius 2 is 1.75 bits per heavy atom. The minimum atomic E-state index is -3.11. The van der Waals surface area contributed by atoms with Gasteiger partial charge in [-0.2, -0.15) is 18.7 Å². The van der Waals surface area contributed by atoms with Gasteiger partial charge >= 0.3 is 18.6 Å². The zero-order valence-electron chi connectivity index (χ0n) is 14.5. The van der Waals surface area contributed by atoms with Gasteiger partial charge in [-0.25, -0.2) is 4.79 Å². The number of hydrogen-bond acceptors (Lipinski definition) is 6. The van der Waals surface area contributed by atoms with Crippen molar-refractivity contribution in [3.05, 3.63) is 60.2 Å². The third kappa shape index (κ3) is 4.32. The first-order chi connectivity index (χ1) is 13.5. The van der Waals surface area contributed by atoms with Crippen molar-refractivity contribution in [2.24, 2.45) is 0 Å². The number of nitrogens with zero attached hydrogens (tertiary/aromatic N) is 2. The van der Waals surface area contributed by atoms with Crippen molar-refractivity contribution in [3.63, 3.8) is 0 Å². The molecule has 0 atom stereocenters. The second kappa shape index (κ2) is 8.30. The summed E-state index contributed by atoms with van der Waals surface area (Å²) in [5.74, 6) is -1.86. The molecule has 3 rings (SSSR count). The highest BCUT2D eigenvalue weighted by atomic mass is 19.3. The molecule has 9 heteroatoms. The highest BCUT2D eigenvalue weighted by Crippen LogP contribution is 2.33. The molecule has 28 heavy (non-hydrogen) atoms. The van der Waals surface area contributed by atoms with Crippen LogP contribution in [0.25, 0.3) is 11.1 Å². The van der Waals surface area contributed by atoms with Gasteiger partial charge in [-0.1, -0.05) is 42.5 Å². The molecule has 1 heterocycles. The van der Waals surface area contributed by atoms with Crippen LogP contribution in [0.4, 0.5) is 8.78 Å². The number of aromatic carboxylic acids is 1. The van der Waals surface area contributed by atoms with E-state index in [0.717, 1.165) is 6.07 Å². The zero-order chi connectivity index (χ0) is 20.1. The lowest BCUT2D eigenvalue weighted by Crippen LogP contribution is -2.07. The number of carboxylic acids is 1. The molecule has 0 bridgehead atoms. The van der Waals surface area contributed by atoms with Crippen LogP contribution < -0.4 is 14.2 Å². The predicted molar refractivity (Wildman–Crippen MR) is 94.1 cm³/mol. The van der Waals surface area contributed by atoms with Crippen LogP contribution in [0.5, 0.6) is 23.5 Å². The predicted octanol–water partition coefficient (Wildman–Crippen LogP) is 4.24. The number of carbonyl (C=O) groups is 1. The number of alkyl halides is 2. The summed E-state index contributed by atoms with van der Waals surface area (Å²) >= 11 is 0. The number of carboxylic acid groups (broad SMARTS) is 1. The molecule has 1 aromatic heterocycles. The number of benzene rings is 2. The van der Waals surface area contributed by atoms with E-state index in [1.54, 1.807) is 42.5 Å². The van der Waals surface area contributed by atoms with Crippen LogP contribution >= 0.6 is 0 Å². The SMILES string of the molecule is COc1cc(OC(F)F)nc(Oc2cccc(-c3ccccc3)c2C(=O)O)n1. The minimum absolute atomic E-state index is 0.0647. The summed E-state index contributed by atoms with van der Waals surface area (Å²) in [6.07, 6.45) is 0. The lowest BCUT2D eigenvalue weighted by atomic mass is 9.99. The second-order valence-electron chi connectivity index (χ2n) is 5.36. The molecule has 0 aliphatic carbocycles.